The minimum absolute atomic E-state index is 0.0481. The number of benzene rings is 1. The highest BCUT2D eigenvalue weighted by molar-refractivity contribution is 6.25. The highest BCUT2D eigenvalue weighted by atomic mass is 35.5. The number of nitro benzene ring substituents is 1. The van der Waals surface area contributed by atoms with Gasteiger partial charge in [0, 0.05) is 30.5 Å². The van der Waals surface area contributed by atoms with Crippen LogP contribution in [0.25, 0.3) is 0 Å². The molecule has 1 aromatic carbocycles. The summed E-state index contributed by atoms with van der Waals surface area (Å²) < 4.78 is 1.46. The molecule has 0 heterocycles. The Hall–Kier alpha value is -1.29. The number of hydrogen-bond donors (Lipinski definition) is 0. The largest absolute Gasteiger partial charge is 0.284 e. The molecule has 0 aliphatic heterocycles. The molecule has 1 rings (SSSR count). The minimum Gasteiger partial charge on any atom is -0.284 e. The summed E-state index contributed by atoms with van der Waals surface area (Å²) in [5, 5.41) is 10.5. The molecule has 0 saturated carbocycles. The molecule has 0 bridgehead atoms. The van der Waals surface area contributed by atoms with Crippen LogP contribution in [0.1, 0.15) is 13.8 Å². The molecular formula is C10H12ClN2O2. The molecule has 4 nitrogen and oxygen atoms in total. The van der Waals surface area contributed by atoms with Gasteiger partial charge in [0.2, 0.25) is 0 Å². The first-order chi connectivity index (χ1) is 7.00. The fourth-order valence-electron chi connectivity index (χ4n) is 1.13. The molecule has 0 N–H and O–H groups in total. The third-order valence-electron chi connectivity index (χ3n) is 1.78. The van der Waals surface area contributed by atoms with Gasteiger partial charge >= 0.3 is 0 Å². The number of halogens is 1. The van der Waals surface area contributed by atoms with Crippen molar-refractivity contribution >= 4 is 23.2 Å². The molecule has 0 aliphatic carbocycles. The lowest BCUT2D eigenvalue weighted by molar-refractivity contribution is -0.384. The van der Waals surface area contributed by atoms with Gasteiger partial charge in [-0.1, -0.05) is 19.9 Å². The number of nitro groups is 1. The fourth-order valence-corrected chi connectivity index (χ4v) is 1.47. The molecule has 0 amide bonds. The predicted octanol–water partition coefficient (Wildman–Crippen LogP) is 3.17. The van der Waals surface area contributed by atoms with Gasteiger partial charge in [0.25, 0.3) is 5.69 Å². The van der Waals surface area contributed by atoms with E-state index in [1.54, 1.807) is 12.1 Å². The molecular weight excluding hydrogens is 216 g/mol. The summed E-state index contributed by atoms with van der Waals surface area (Å²) in [6, 6.07) is 6.25. The van der Waals surface area contributed by atoms with E-state index >= 15 is 0 Å². The highest BCUT2D eigenvalue weighted by Gasteiger charge is 2.10. The van der Waals surface area contributed by atoms with E-state index in [1.165, 1.54) is 16.6 Å². The van der Waals surface area contributed by atoms with E-state index < -0.39 is 4.92 Å². The van der Waals surface area contributed by atoms with Crippen molar-refractivity contribution in [1.29, 1.82) is 0 Å². The molecule has 1 aromatic rings. The molecule has 5 heteroatoms. The van der Waals surface area contributed by atoms with Gasteiger partial charge in [0.15, 0.2) is 0 Å². The summed E-state index contributed by atoms with van der Waals surface area (Å²) in [4.78, 5) is 10.1. The van der Waals surface area contributed by atoms with E-state index in [2.05, 4.69) is 0 Å². The SMILES string of the molecule is C[C](C)CN(Cl)c1cccc([N+](=O)[O-])c1. The topological polar surface area (TPSA) is 46.4 Å². The van der Waals surface area contributed by atoms with Crippen LogP contribution in [0.3, 0.4) is 0 Å². The Morgan fingerprint density at radius 3 is 2.73 bits per heavy atom. The van der Waals surface area contributed by atoms with Crippen LogP contribution in [0.5, 0.6) is 0 Å². The van der Waals surface area contributed by atoms with Crippen LogP contribution >= 0.6 is 11.8 Å². The van der Waals surface area contributed by atoms with Gasteiger partial charge in [-0.3, -0.25) is 14.5 Å². The average molecular weight is 228 g/mol. The Balaban J connectivity index is 2.85. The van der Waals surface area contributed by atoms with E-state index in [-0.39, 0.29) is 5.69 Å². The minimum atomic E-state index is -0.434. The van der Waals surface area contributed by atoms with Crippen molar-refractivity contribution in [2.24, 2.45) is 0 Å². The zero-order chi connectivity index (χ0) is 11.4. The van der Waals surface area contributed by atoms with Gasteiger partial charge in [0.05, 0.1) is 10.6 Å². The first-order valence-corrected chi connectivity index (χ1v) is 4.81. The average Bonchev–Trinajstić information content (AvgIpc) is 2.17. The van der Waals surface area contributed by atoms with Gasteiger partial charge < -0.3 is 0 Å². The Labute approximate surface area is 93.7 Å². The molecule has 15 heavy (non-hydrogen) atoms. The smallest absolute Gasteiger partial charge is 0.271 e. The highest BCUT2D eigenvalue weighted by Crippen LogP contribution is 2.23. The van der Waals surface area contributed by atoms with E-state index in [9.17, 15) is 10.1 Å². The van der Waals surface area contributed by atoms with Crippen molar-refractivity contribution in [3.8, 4) is 0 Å². The lowest BCUT2D eigenvalue weighted by atomic mass is 10.2. The lowest BCUT2D eigenvalue weighted by Crippen LogP contribution is -2.15. The molecule has 1 radical (unpaired) electrons. The zero-order valence-corrected chi connectivity index (χ0v) is 9.36. The van der Waals surface area contributed by atoms with Crippen LogP contribution in [-0.2, 0) is 0 Å². The van der Waals surface area contributed by atoms with E-state index in [1.807, 2.05) is 13.8 Å². The summed E-state index contributed by atoms with van der Waals surface area (Å²) >= 11 is 5.97. The molecule has 0 spiro atoms. The Morgan fingerprint density at radius 1 is 1.53 bits per heavy atom. The molecule has 0 aromatic heterocycles. The van der Waals surface area contributed by atoms with Crippen molar-refractivity contribution in [2.45, 2.75) is 13.8 Å². The van der Waals surface area contributed by atoms with Crippen LogP contribution in [-0.4, -0.2) is 11.5 Å². The molecule has 0 unspecified atom stereocenters. The van der Waals surface area contributed by atoms with E-state index in [0.717, 1.165) is 5.92 Å². The molecule has 0 fully saturated rings. The first-order valence-electron chi connectivity index (χ1n) is 4.47. The van der Waals surface area contributed by atoms with Gasteiger partial charge in [-0.25, -0.2) is 0 Å². The maximum atomic E-state index is 10.5. The number of hydrogen-bond acceptors (Lipinski definition) is 3. The number of nitrogens with zero attached hydrogens (tertiary/aromatic N) is 2. The van der Waals surface area contributed by atoms with Crippen molar-refractivity contribution < 1.29 is 4.92 Å². The molecule has 81 valence electrons. The van der Waals surface area contributed by atoms with Crippen LogP contribution in [0.15, 0.2) is 24.3 Å². The number of anilines is 1. The summed E-state index contributed by atoms with van der Waals surface area (Å²) in [5.41, 5.74) is 0.680. The van der Waals surface area contributed by atoms with Gasteiger partial charge in [-0.2, -0.15) is 0 Å². The van der Waals surface area contributed by atoms with Gasteiger partial charge in [-0.15, -0.1) is 0 Å². The maximum absolute atomic E-state index is 10.5. The Kier molecular flexibility index (Phi) is 3.91. The second kappa shape index (κ2) is 4.98. The van der Waals surface area contributed by atoms with Crippen molar-refractivity contribution in [3.05, 3.63) is 40.3 Å². The van der Waals surface area contributed by atoms with Crippen LogP contribution in [0.2, 0.25) is 0 Å². The maximum Gasteiger partial charge on any atom is 0.271 e. The second-order valence-electron chi connectivity index (χ2n) is 3.50. The Bertz CT molecular complexity index is 355. The normalized spacial score (nSPS) is 10.4. The summed E-state index contributed by atoms with van der Waals surface area (Å²) in [7, 11) is 0. The van der Waals surface area contributed by atoms with Gasteiger partial charge in [-0.05, 0) is 12.0 Å². The molecule has 0 atom stereocenters. The zero-order valence-electron chi connectivity index (χ0n) is 8.61. The van der Waals surface area contributed by atoms with E-state index in [0.29, 0.717) is 12.2 Å². The van der Waals surface area contributed by atoms with Crippen molar-refractivity contribution in [1.82, 2.24) is 0 Å². The summed E-state index contributed by atoms with van der Waals surface area (Å²) in [6.45, 7) is 4.47. The first kappa shape index (κ1) is 11.8. The second-order valence-corrected chi connectivity index (χ2v) is 3.91. The quantitative estimate of drug-likeness (QED) is 0.451. The fraction of sp³-hybridized carbons (Fsp3) is 0.300. The summed E-state index contributed by atoms with van der Waals surface area (Å²) in [6.07, 6.45) is 0. The lowest BCUT2D eigenvalue weighted by Gasteiger charge is -2.17. The summed E-state index contributed by atoms with van der Waals surface area (Å²) in [5.74, 6) is 1.14. The van der Waals surface area contributed by atoms with Crippen LogP contribution in [0, 0.1) is 16.0 Å². The predicted molar refractivity (Wildman–Crippen MR) is 60.9 cm³/mol. The third-order valence-corrected chi connectivity index (χ3v) is 2.09. The van der Waals surface area contributed by atoms with Gasteiger partial charge in [0.1, 0.15) is 0 Å². The monoisotopic (exact) mass is 227 g/mol. The Morgan fingerprint density at radius 2 is 2.20 bits per heavy atom. The number of non-ortho nitro benzene ring substituents is 1. The third kappa shape index (κ3) is 3.40. The van der Waals surface area contributed by atoms with Crippen molar-refractivity contribution in [2.75, 3.05) is 11.0 Å². The molecule has 0 aliphatic rings. The standard InChI is InChI=1S/C10H12ClN2O2/c1-8(2)7-12(11)9-4-3-5-10(6-9)13(14)15/h3-6H,7H2,1-2H3. The number of rotatable bonds is 4. The van der Waals surface area contributed by atoms with Crippen LogP contribution < -0.4 is 4.42 Å². The van der Waals surface area contributed by atoms with Crippen LogP contribution in [0.4, 0.5) is 11.4 Å². The molecule has 0 saturated heterocycles. The van der Waals surface area contributed by atoms with E-state index in [4.69, 9.17) is 11.8 Å². The van der Waals surface area contributed by atoms with Crippen molar-refractivity contribution in [3.63, 3.8) is 0 Å².